The first-order valence-electron chi connectivity index (χ1n) is 4.71. The zero-order valence-electron chi connectivity index (χ0n) is 9.10. The predicted octanol–water partition coefficient (Wildman–Crippen LogP) is 2.67. The van der Waals surface area contributed by atoms with Gasteiger partial charge in [-0.25, -0.2) is 0 Å². The lowest BCUT2D eigenvalue weighted by Crippen LogP contribution is -2.29. The van der Waals surface area contributed by atoms with E-state index in [0.29, 0.717) is 5.75 Å². The number of carboxylic acids is 1. The highest BCUT2D eigenvalue weighted by Crippen LogP contribution is 2.59. The van der Waals surface area contributed by atoms with Crippen LogP contribution in [0.2, 0.25) is 0 Å². The Labute approximate surface area is 96.9 Å². The molecule has 5 heteroatoms. The minimum Gasteiger partial charge on any atom is -0.481 e. The van der Waals surface area contributed by atoms with Crippen LogP contribution in [0.15, 0.2) is 0 Å². The van der Waals surface area contributed by atoms with Gasteiger partial charge in [0.1, 0.15) is 0 Å². The molecule has 0 aromatic heterocycles. The number of carbonyl (C=O) groups is 1. The summed E-state index contributed by atoms with van der Waals surface area (Å²) in [4.78, 5) is 11.1. The Morgan fingerprint density at radius 3 is 1.79 bits per heavy atom. The molecule has 84 valence electrons. The fraction of sp³-hybridized carbons (Fsp3) is 0.889. The second-order valence-corrected chi connectivity index (χ2v) is 10.5. The quantitative estimate of drug-likeness (QED) is 0.585. The summed E-state index contributed by atoms with van der Waals surface area (Å²) in [5, 5.41) is 9.12. The minimum absolute atomic E-state index is 0.269. The summed E-state index contributed by atoms with van der Waals surface area (Å²) in [6.45, 7) is 8.11. The molecule has 0 aliphatic heterocycles. The summed E-state index contributed by atoms with van der Waals surface area (Å²) in [6.07, 6.45) is 0. The summed E-state index contributed by atoms with van der Waals surface area (Å²) in [6, 6.07) is -1.87. The van der Waals surface area contributed by atoms with Gasteiger partial charge in [-0.2, -0.15) is 12.6 Å². The molecule has 1 atom stereocenters. The van der Waals surface area contributed by atoms with Crippen molar-refractivity contribution >= 4 is 36.4 Å². The van der Waals surface area contributed by atoms with Crippen molar-refractivity contribution in [1.82, 2.24) is 0 Å². The number of rotatable bonds is 5. The number of aliphatic carboxylic acids is 1. The molecular weight excluding hydrogens is 235 g/mol. The molecule has 0 saturated carbocycles. The van der Waals surface area contributed by atoms with Crippen LogP contribution in [-0.2, 0) is 16.6 Å². The van der Waals surface area contributed by atoms with E-state index < -0.39 is 17.7 Å². The highest BCUT2D eigenvalue weighted by atomic mass is 32.4. The van der Waals surface area contributed by atoms with Gasteiger partial charge in [0.05, 0.1) is 5.66 Å². The zero-order valence-corrected chi connectivity index (χ0v) is 11.7. The molecule has 0 spiro atoms. The van der Waals surface area contributed by atoms with Crippen LogP contribution in [0.3, 0.4) is 0 Å². The van der Waals surface area contributed by atoms with Crippen molar-refractivity contribution in [3.8, 4) is 0 Å². The third kappa shape index (κ3) is 2.74. The van der Waals surface area contributed by atoms with Crippen molar-refractivity contribution in [1.29, 1.82) is 0 Å². The van der Waals surface area contributed by atoms with E-state index in [1.54, 1.807) is 0 Å². The van der Waals surface area contributed by atoms with Crippen LogP contribution >= 0.6 is 18.7 Å². The first-order chi connectivity index (χ1) is 6.28. The highest BCUT2D eigenvalue weighted by molar-refractivity contribution is 8.16. The number of thiol groups is 1. The molecule has 0 fully saturated rings. The van der Waals surface area contributed by atoms with Gasteiger partial charge in [-0.15, -0.1) is 0 Å². The normalized spacial score (nSPS) is 14.8. The van der Waals surface area contributed by atoms with Crippen molar-refractivity contribution in [2.45, 2.75) is 44.7 Å². The van der Waals surface area contributed by atoms with Crippen molar-refractivity contribution in [3.05, 3.63) is 0 Å². The molecule has 14 heavy (non-hydrogen) atoms. The molecule has 0 aliphatic carbocycles. The molecule has 0 aromatic rings. The van der Waals surface area contributed by atoms with Gasteiger partial charge in [-0.05, 0) is 17.4 Å². The molecule has 0 heterocycles. The first-order valence-corrected chi connectivity index (χ1v) is 8.35. The van der Waals surface area contributed by atoms with E-state index in [1.807, 2.05) is 27.7 Å². The van der Waals surface area contributed by atoms with Crippen LogP contribution in [0.4, 0.5) is 0 Å². The van der Waals surface area contributed by atoms with E-state index in [-0.39, 0.29) is 11.3 Å². The first kappa shape index (κ1) is 14.5. The number of hydrogen-bond acceptors (Lipinski definition) is 3. The largest absolute Gasteiger partial charge is 0.481 e. The molecular formula is C9H19O2PS2. The third-order valence-electron chi connectivity index (χ3n) is 2.56. The van der Waals surface area contributed by atoms with Gasteiger partial charge in [0.15, 0.2) is 0 Å². The highest BCUT2D eigenvalue weighted by Gasteiger charge is 2.37. The van der Waals surface area contributed by atoms with Crippen molar-refractivity contribution in [2.75, 3.05) is 5.75 Å². The van der Waals surface area contributed by atoms with E-state index in [0.717, 1.165) is 0 Å². The third-order valence-corrected chi connectivity index (χ3v) is 11.1. The van der Waals surface area contributed by atoms with Crippen LogP contribution in [0.1, 0.15) is 27.7 Å². The van der Waals surface area contributed by atoms with Gasteiger partial charge in [-0.3, -0.25) is 4.79 Å². The van der Waals surface area contributed by atoms with E-state index in [1.165, 1.54) is 0 Å². The molecule has 0 rings (SSSR count). The second kappa shape index (κ2) is 5.53. The summed E-state index contributed by atoms with van der Waals surface area (Å²) in [5.74, 6) is -0.436. The SMILES string of the molecule is CC(C)P(=S)(C(C)C)C(CS)C(=O)O. The van der Waals surface area contributed by atoms with Gasteiger partial charge in [0.25, 0.3) is 0 Å². The molecule has 1 N–H and O–H groups in total. The summed E-state index contributed by atoms with van der Waals surface area (Å²) < 4.78 is 0. The van der Waals surface area contributed by atoms with Crippen LogP contribution in [-0.4, -0.2) is 33.8 Å². The Morgan fingerprint density at radius 1 is 1.36 bits per heavy atom. The van der Waals surface area contributed by atoms with Crippen LogP contribution in [0.5, 0.6) is 0 Å². The zero-order chi connectivity index (χ0) is 11.5. The second-order valence-electron chi connectivity index (χ2n) is 3.99. The average Bonchev–Trinajstić information content (AvgIpc) is 2.03. The Hall–Kier alpha value is 0.470. The van der Waals surface area contributed by atoms with Crippen LogP contribution in [0, 0.1) is 0 Å². The van der Waals surface area contributed by atoms with Crippen molar-refractivity contribution < 1.29 is 9.90 Å². The topological polar surface area (TPSA) is 37.3 Å². The summed E-state index contributed by atoms with van der Waals surface area (Å²) in [5.41, 5.74) is 0.0948. The standard InChI is InChI=1S/C9H19O2PS2/c1-6(2)12(14,7(3)4)8(5-13)9(10)11/h6-8,13H,5H2,1-4H3,(H,10,11). The van der Waals surface area contributed by atoms with Crippen molar-refractivity contribution in [2.24, 2.45) is 0 Å². The maximum Gasteiger partial charge on any atom is 0.312 e. The molecule has 0 bridgehead atoms. The van der Waals surface area contributed by atoms with E-state index >= 15 is 0 Å². The van der Waals surface area contributed by atoms with E-state index in [9.17, 15) is 4.79 Å². The predicted molar refractivity (Wildman–Crippen MR) is 69.8 cm³/mol. The number of carboxylic acid groups (broad SMARTS) is 1. The fourth-order valence-corrected chi connectivity index (χ4v) is 6.72. The van der Waals surface area contributed by atoms with E-state index in [2.05, 4.69) is 12.6 Å². The van der Waals surface area contributed by atoms with Gasteiger partial charge >= 0.3 is 5.97 Å². The maximum absolute atomic E-state index is 11.1. The van der Waals surface area contributed by atoms with Gasteiger partial charge in [-0.1, -0.05) is 39.5 Å². The molecule has 0 radical (unpaired) electrons. The van der Waals surface area contributed by atoms with Crippen LogP contribution in [0.25, 0.3) is 0 Å². The lowest BCUT2D eigenvalue weighted by atomic mass is 10.5. The summed E-state index contributed by atoms with van der Waals surface area (Å²) in [7, 11) is 0. The van der Waals surface area contributed by atoms with Gasteiger partial charge < -0.3 is 5.11 Å². The lowest BCUT2D eigenvalue weighted by Gasteiger charge is -2.34. The Balaban J connectivity index is 5.19. The number of hydrogen-bond donors (Lipinski definition) is 2. The van der Waals surface area contributed by atoms with Gasteiger partial charge in [0, 0.05) is 5.75 Å². The van der Waals surface area contributed by atoms with E-state index in [4.69, 9.17) is 16.9 Å². The maximum atomic E-state index is 11.1. The van der Waals surface area contributed by atoms with Gasteiger partial charge in [0.2, 0.25) is 0 Å². The monoisotopic (exact) mass is 254 g/mol. The molecule has 2 nitrogen and oxygen atoms in total. The van der Waals surface area contributed by atoms with Crippen molar-refractivity contribution in [3.63, 3.8) is 0 Å². The fourth-order valence-electron chi connectivity index (χ4n) is 1.69. The average molecular weight is 254 g/mol. The lowest BCUT2D eigenvalue weighted by molar-refractivity contribution is -0.136. The molecule has 1 unspecified atom stereocenters. The molecule has 0 aromatic carbocycles. The molecule has 0 amide bonds. The molecule has 0 aliphatic rings. The van der Waals surface area contributed by atoms with Crippen LogP contribution < -0.4 is 0 Å². The molecule has 0 saturated heterocycles. The summed E-state index contributed by atoms with van der Waals surface area (Å²) >= 11 is 9.75. The minimum atomic E-state index is -1.87. The smallest absolute Gasteiger partial charge is 0.312 e. The Morgan fingerprint density at radius 2 is 1.71 bits per heavy atom. The Kier molecular flexibility index (Phi) is 5.71. The Bertz CT molecular complexity index is 239.